The molecule has 0 aliphatic carbocycles. The topological polar surface area (TPSA) is 23.6 Å². The van der Waals surface area contributed by atoms with Crippen LogP contribution in [-0.4, -0.2) is 95.1 Å². The van der Waals surface area contributed by atoms with Crippen molar-refractivity contribution in [2.75, 3.05) is 27.8 Å². The fourth-order valence-electron chi connectivity index (χ4n) is 1.43. The van der Waals surface area contributed by atoms with E-state index >= 15 is 0 Å². The molecule has 1 aliphatic heterocycles. The van der Waals surface area contributed by atoms with Gasteiger partial charge < -0.3 is 0 Å². The molecule has 0 N–H and O–H groups in total. The van der Waals surface area contributed by atoms with Gasteiger partial charge in [-0.25, -0.2) is 0 Å². The van der Waals surface area contributed by atoms with Crippen molar-refractivity contribution < 1.29 is 4.79 Å². The number of nitrogens with zero attached hydrogens (tertiary/aromatic N) is 2. The van der Waals surface area contributed by atoms with Crippen LogP contribution < -0.4 is 0 Å². The number of likely N-dealkylation sites (tertiary alicyclic amines) is 1. The van der Waals surface area contributed by atoms with Gasteiger partial charge in [-0.15, -0.1) is 0 Å². The summed E-state index contributed by atoms with van der Waals surface area (Å²) in [6.45, 7) is 2.66. The summed E-state index contributed by atoms with van der Waals surface area (Å²) < 4.78 is 2.28. The summed E-state index contributed by atoms with van der Waals surface area (Å²) in [6, 6.07) is 0. The van der Waals surface area contributed by atoms with Gasteiger partial charge in [-0.1, -0.05) is 0 Å². The van der Waals surface area contributed by atoms with Crippen LogP contribution in [0.15, 0.2) is 0 Å². The van der Waals surface area contributed by atoms with Crippen LogP contribution in [0.4, 0.5) is 0 Å². The van der Waals surface area contributed by atoms with Crippen molar-refractivity contribution in [3.8, 4) is 0 Å². The number of hydrogen-bond acceptors (Lipinski definition) is 2. The Morgan fingerprint density at radius 1 is 1.23 bits per heavy atom. The standard InChI is InChI=1S/C8H14N2O.2Pb/c1-9(2)7-8(11)10-5-3-4-6-10;;/h1-7H2;;. The first-order valence-corrected chi connectivity index (χ1v) is 10.1. The van der Waals surface area contributed by atoms with E-state index in [-0.39, 0.29) is 0 Å². The fourth-order valence-corrected chi connectivity index (χ4v) is 6.54. The molecule has 1 aliphatic rings. The number of rotatable bonds is 4. The summed E-state index contributed by atoms with van der Waals surface area (Å²) in [7, 11) is 0. The maximum atomic E-state index is 11.7. The number of carbonyl (C=O) groups is 1. The van der Waals surface area contributed by atoms with E-state index in [2.05, 4.69) is 4.90 Å². The van der Waals surface area contributed by atoms with Crippen LogP contribution in [-0.2, 0) is 4.79 Å². The number of hydrogen-bond donors (Lipinski definition) is 0. The van der Waals surface area contributed by atoms with Crippen molar-refractivity contribution in [3.05, 3.63) is 0 Å². The summed E-state index contributed by atoms with van der Waals surface area (Å²) in [5, 5.41) is 0. The number of amides is 1. The molecular formula is C8H14N2OPb2. The van der Waals surface area contributed by atoms with Gasteiger partial charge in [-0.3, -0.25) is 0 Å². The van der Waals surface area contributed by atoms with E-state index in [9.17, 15) is 4.79 Å². The maximum absolute atomic E-state index is 11.7. The Kier molecular flexibility index (Phi) is 6.36. The molecular weight excluding hydrogens is 555 g/mol. The first-order chi connectivity index (χ1) is 6.27. The van der Waals surface area contributed by atoms with Crippen LogP contribution in [0.1, 0.15) is 12.8 Å². The summed E-state index contributed by atoms with van der Waals surface area (Å²) >= 11 is 2.36. The molecule has 70 valence electrons. The molecule has 3 nitrogen and oxygen atoms in total. The van der Waals surface area contributed by atoms with E-state index in [1.54, 1.807) is 0 Å². The van der Waals surface area contributed by atoms with Crippen LogP contribution in [0.5, 0.6) is 0 Å². The molecule has 1 fully saturated rings. The first-order valence-electron chi connectivity index (χ1n) is 4.57. The normalized spacial score (nSPS) is 17.0. The quantitative estimate of drug-likeness (QED) is 0.414. The van der Waals surface area contributed by atoms with Gasteiger partial charge in [-0.05, 0) is 0 Å². The average Bonchev–Trinajstić information content (AvgIpc) is 2.66. The summed E-state index contributed by atoms with van der Waals surface area (Å²) in [4.78, 5) is 16.0. The number of carbonyl (C=O) groups excluding carboxylic acids is 1. The third-order valence-electron chi connectivity index (χ3n) is 2.26. The summed E-state index contributed by atoms with van der Waals surface area (Å²) in [5.41, 5.74) is 0. The van der Waals surface area contributed by atoms with Crippen LogP contribution in [0.2, 0.25) is 0 Å². The molecule has 1 rings (SSSR count). The van der Waals surface area contributed by atoms with Gasteiger partial charge in [-0.2, -0.15) is 0 Å². The molecule has 0 spiro atoms. The molecule has 1 heterocycles. The molecule has 0 aromatic rings. The average molecular weight is 569 g/mol. The van der Waals surface area contributed by atoms with Crippen molar-refractivity contribution in [1.29, 1.82) is 0 Å². The Balaban J connectivity index is 2.30. The van der Waals surface area contributed by atoms with Gasteiger partial charge in [0.15, 0.2) is 0 Å². The van der Waals surface area contributed by atoms with E-state index in [0.717, 1.165) is 21.3 Å². The molecule has 6 radical (unpaired) electrons. The van der Waals surface area contributed by atoms with Crippen molar-refractivity contribution in [3.63, 3.8) is 0 Å². The Morgan fingerprint density at radius 3 is 2.23 bits per heavy atom. The van der Waals surface area contributed by atoms with Gasteiger partial charge in [0.1, 0.15) is 0 Å². The molecule has 1 amide bonds. The third kappa shape index (κ3) is 4.10. The molecule has 0 unspecified atom stereocenters. The predicted molar refractivity (Wildman–Crippen MR) is 53.8 cm³/mol. The minimum atomic E-state index is 0.351. The zero-order valence-corrected chi connectivity index (χ0v) is 15.5. The van der Waals surface area contributed by atoms with Gasteiger partial charge >= 0.3 is 113 Å². The summed E-state index contributed by atoms with van der Waals surface area (Å²) in [5.74, 6) is 0.351. The Bertz CT molecular complexity index is 168. The Morgan fingerprint density at radius 2 is 1.77 bits per heavy atom. The van der Waals surface area contributed by atoms with Crippen molar-refractivity contribution in [1.82, 2.24) is 9.80 Å². The van der Waals surface area contributed by atoms with Crippen LogP contribution in [0, 0.1) is 0 Å². The first kappa shape index (κ1) is 12.3. The van der Waals surface area contributed by atoms with E-state index < -0.39 is 0 Å². The second-order valence-corrected chi connectivity index (χ2v) is 5.69. The molecule has 0 aromatic heterocycles. The SMILES string of the molecule is O=C(CN([CH2][Pb])[CH2][Pb])N1CCCC1. The molecule has 1 saturated heterocycles. The van der Waals surface area contributed by atoms with Crippen LogP contribution >= 0.6 is 0 Å². The second-order valence-electron chi connectivity index (χ2n) is 3.23. The Labute approximate surface area is 112 Å². The second kappa shape index (κ2) is 6.70. The third-order valence-corrected chi connectivity index (χ3v) is 5.74. The van der Waals surface area contributed by atoms with Gasteiger partial charge in [0.25, 0.3) is 0 Å². The molecule has 0 atom stereocenters. The van der Waals surface area contributed by atoms with Gasteiger partial charge in [0.05, 0.1) is 0 Å². The molecule has 0 bridgehead atoms. The molecule has 0 saturated carbocycles. The van der Waals surface area contributed by atoms with Crippen molar-refractivity contribution >= 4 is 57.4 Å². The zero-order chi connectivity index (χ0) is 9.68. The predicted octanol–water partition coefficient (Wildman–Crippen LogP) is -0.837. The molecule has 5 heteroatoms. The van der Waals surface area contributed by atoms with Gasteiger partial charge in [0.2, 0.25) is 0 Å². The monoisotopic (exact) mass is 570 g/mol. The van der Waals surface area contributed by atoms with E-state index in [1.807, 2.05) is 4.90 Å². The zero-order valence-electron chi connectivity index (χ0n) is 7.75. The van der Waals surface area contributed by atoms with E-state index in [1.165, 1.54) is 64.4 Å². The van der Waals surface area contributed by atoms with Crippen molar-refractivity contribution in [2.45, 2.75) is 12.8 Å². The van der Waals surface area contributed by atoms with E-state index in [4.69, 9.17) is 0 Å². The van der Waals surface area contributed by atoms with Gasteiger partial charge in [0, 0.05) is 0 Å². The van der Waals surface area contributed by atoms with Crippen LogP contribution in [0.3, 0.4) is 0 Å². The Hall–Kier alpha value is 1.27. The fraction of sp³-hybridized carbons (Fsp3) is 0.875. The minimum absolute atomic E-state index is 0.351. The summed E-state index contributed by atoms with van der Waals surface area (Å²) in [6.07, 6.45) is 2.40. The van der Waals surface area contributed by atoms with Crippen LogP contribution in [0.25, 0.3) is 0 Å². The molecule has 13 heavy (non-hydrogen) atoms. The molecule has 0 aromatic carbocycles. The van der Waals surface area contributed by atoms with Crippen molar-refractivity contribution in [2.24, 2.45) is 0 Å². The van der Waals surface area contributed by atoms with E-state index in [0.29, 0.717) is 12.5 Å².